The van der Waals surface area contributed by atoms with Crippen molar-refractivity contribution in [3.05, 3.63) is 24.2 Å². The van der Waals surface area contributed by atoms with Crippen LogP contribution in [0.25, 0.3) is 0 Å². The number of fused-ring (bicyclic) bond motifs is 3. The van der Waals surface area contributed by atoms with Crippen LogP contribution in [0.1, 0.15) is 57.4 Å². The van der Waals surface area contributed by atoms with E-state index in [-0.39, 0.29) is 35.9 Å². The Morgan fingerprint density at radius 2 is 2.00 bits per heavy atom. The SMILES string of the molecule is COC(=O)[C@@H]1C[C@H](OC(C)=O)C(=O)[C@@H]2[C@H]3C[C@@H](c4ccoc4)C[C@H](O)[C@@H]3CC[C@]21C. The number of ketones is 1. The van der Waals surface area contributed by atoms with E-state index in [2.05, 4.69) is 0 Å². The number of furan rings is 1. The lowest BCUT2D eigenvalue weighted by Crippen LogP contribution is -2.61. The largest absolute Gasteiger partial charge is 0.472 e. The highest BCUT2D eigenvalue weighted by Gasteiger charge is 2.62. The number of carbonyl (C=O) groups is 3. The maximum absolute atomic E-state index is 13.6. The topological polar surface area (TPSA) is 103 Å². The van der Waals surface area contributed by atoms with Crippen LogP contribution >= 0.6 is 0 Å². The quantitative estimate of drug-likeness (QED) is 0.753. The molecule has 0 bridgehead atoms. The number of Topliss-reactive ketones (excluding diaryl/α,β-unsaturated/α-hetero) is 1. The molecule has 1 aromatic rings. The molecule has 3 fully saturated rings. The summed E-state index contributed by atoms with van der Waals surface area (Å²) in [4.78, 5) is 37.9. The number of methoxy groups -OCH3 is 1. The van der Waals surface area contributed by atoms with E-state index in [4.69, 9.17) is 13.9 Å². The summed E-state index contributed by atoms with van der Waals surface area (Å²) in [7, 11) is 1.35. The first-order valence-electron chi connectivity index (χ1n) is 10.7. The summed E-state index contributed by atoms with van der Waals surface area (Å²) >= 11 is 0. The average Bonchev–Trinajstić information content (AvgIpc) is 3.23. The van der Waals surface area contributed by atoms with Crippen LogP contribution in [-0.2, 0) is 23.9 Å². The second kappa shape index (κ2) is 7.84. The zero-order chi connectivity index (χ0) is 21.6. The number of aliphatic hydroxyl groups is 1. The van der Waals surface area contributed by atoms with Crippen molar-refractivity contribution in [2.45, 2.75) is 64.1 Å². The third kappa shape index (κ3) is 3.37. The lowest BCUT2D eigenvalue weighted by atomic mass is 9.46. The lowest BCUT2D eigenvalue weighted by molar-refractivity contribution is -0.186. The fraction of sp³-hybridized carbons (Fsp3) is 0.696. The molecule has 4 rings (SSSR count). The molecule has 3 aliphatic carbocycles. The number of rotatable bonds is 3. The molecule has 0 spiro atoms. The van der Waals surface area contributed by atoms with Gasteiger partial charge in [-0.05, 0) is 60.5 Å². The van der Waals surface area contributed by atoms with Gasteiger partial charge < -0.3 is 19.0 Å². The minimum Gasteiger partial charge on any atom is -0.472 e. The van der Waals surface area contributed by atoms with Gasteiger partial charge in [-0.15, -0.1) is 0 Å². The van der Waals surface area contributed by atoms with Crippen LogP contribution in [0.4, 0.5) is 0 Å². The third-order valence-electron chi connectivity index (χ3n) is 7.96. The van der Waals surface area contributed by atoms with Crippen LogP contribution in [0, 0.1) is 29.1 Å². The standard InChI is InChI=1S/C23H30O7/c1-12(24)30-19-10-17(22(27)28-3)23(2)6-4-15-16(20(23)21(19)26)8-14(9-18(15)25)13-5-7-29-11-13/h5,7,11,14-20,25H,4,6,8-10H2,1-3H3/t14-,15-,16+,17+,18+,19+,20+,23+/m1/s1. The van der Waals surface area contributed by atoms with Crippen molar-refractivity contribution in [3.63, 3.8) is 0 Å². The number of esters is 2. The Labute approximate surface area is 176 Å². The van der Waals surface area contributed by atoms with E-state index in [1.165, 1.54) is 14.0 Å². The molecule has 3 aliphatic rings. The molecule has 0 unspecified atom stereocenters. The molecule has 0 radical (unpaired) electrons. The Kier molecular flexibility index (Phi) is 5.51. The van der Waals surface area contributed by atoms with E-state index in [0.29, 0.717) is 12.8 Å². The van der Waals surface area contributed by atoms with E-state index in [1.807, 2.05) is 13.0 Å². The molecule has 8 atom stereocenters. The lowest BCUT2D eigenvalue weighted by Gasteiger charge is -2.57. The first kappa shape index (κ1) is 21.1. The van der Waals surface area contributed by atoms with Gasteiger partial charge in [0.1, 0.15) is 0 Å². The second-order valence-electron chi connectivity index (χ2n) is 9.45. The monoisotopic (exact) mass is 418 g/mol. The molecule has 1 N–H and O–H groups in total. The smallest absolute Gasteiger partial charge is 0.309 e. The van der Waals surface area contributed by atoms with Gasteiger partial charge in [-0.2, -0.15) is 0 Å². The van der Waals surface area contributed by atoms with Crippen molar-refractivity contribution >= 4 is 17.7 Å². The summed E-state index contributed by atoms with van der Waals surface area (Å²) in [6.45, 7) is 3.27. The van der Waals surface area contributed by atoms with Gasteiger partial charge in [0, 0.05) is 19.3 Å². The molecular formula is C23H30O7. The predicted octanol–water partition coefficient (Wildman–Crippen LogP) is 2.86. The van der Waals surface area contributed by atoms with Crippen LogP contribution < -0.4 is 0 Å². The molecule has 3 saturated carbocycles. The van der Waals surface area contributed by atoms with Gasteiger partial charge in [0.15, 0.2) is 11.9 Å². The maximum atomic E-state index is 13.6. The van der Waals surface area contributed by atoms with E-state index in [0.717, 1.165) is 18.4 Å². The number of aliphatic hydroxyl groups excluding tert-OH is 1. The number of hydrogen-bond acceptors (Lipinski definition) is 7. The minimum atomic E-state index is -0.949. The van der Waals surface area contributed by atoms with Gasteiger partial charge in [0.05, 0.1) is 31.7 Å². The average molecular weight is 418 g/mol. The molecule has 1 aromatic heterocycles. The highest BCUT2D eigenvalue weighted by atomic mass is 16.5. The van der Waals surface area contributed by atoms with Crippen molar-refractivity contribution in [2.24, 2.45) is 29.1 Å². The van der Waals surface area contributed by atoms with Gasteiger partial charge >= 0.3 is 11.9 Å². The molecule has 164 valence electrons. The molecule has 30 heavy (non-hydrogen) atoms. The van der Waals surface area contributed by atoms with Crippen molar-refractivity contribution in [1.29, 1.82) is 0 Å². The number of carbonyl (C=O) groups excluding carboxylic acids is 3. The Hall–Kier alpha value is -2.15. The normalized spacial score (nSPS) is 40.8. The number of ether oxygens (including phenoxy) is 2. The number of hydrogen-bond donors (Lipinski definition) is 1. The van der Waals surface area contributed by atoms with Gasteiger partial charge in [-0.3, -0.25) is 14.4 Å². The second-order valence-corrected chi connectivity index (χ2v) is 9.45. The first-order valence-corrected chi connectivity index (χ1v) is 10.7. The van der Waals surface area contributed by atoms with Crippen molar-refractivity contribution in [3.8, 4) is 0 Å². The van der Waals surface area contributed by atoms with Crippen LogP contribution in [0.5, 0.6) is 0 Å². The van der Waals surface area contributed by atoms with E-state index >= 15 is 0 Å². The molecule has 0 aromatic carbocycles. The van der Waals surface area contributed by atoms with E-state index in [1.54, 1.807) is 12.5 Å². The van der Waals surface area contributed by atoms with Crippen LogP contribution in [-0.4, -0.2) is 42.1 Å². The summed E-state index contributed by atoms with van der Waals surface area (Å²) in [6, 6.07) is 1.90. The van der Waals surface area contributed by atoms with Gasteiger partial charge in [0.2, 0.25) is 0 Å². The Morgan fingerprint density at radius 1 is 1.23 bits per heavy atom. The Bertz CT molecular complexity index is 816. The zero-order valence-corrected chi connectivity index (χ0v) is 17.7. The maximum Gasteiger partial charge on any atom is 0.309 e. The molecule has 7 heteroatoms. The molecule has 0 saturated heterocycles. The first-order chi connectivity index (χ1) is 14.3. The van der Waals surface area contributed by atoms with Crippen LogP contribution in [0.2, 0.25) is 0 Å². The predicted molar refractivity (Wildman–Crippen MR) is 105 cm³/mol. The fourth-order valence-electron chi connectivity index (χ4n) is 6.58. The van der Waals surface area contributed by atoms with Crippen LogP contribution in [0.3, 0.4) is 0 Å². The Morgan fingerprint density at radius 3 is 2.63 bits per heavy atom. The molecule has 0 aliphatic heterocycles. The highest BCUT2D eigenvalue weighted by molar-refractivity contribution is 5.91. The molecule has 1 heterocycles. The van der Waals surface area contributed by atoms with Crippen molar-refractivity contribution in [2.75, 3.05) is 7.11 Å². The summed E-state index contributed by atoms with van der Waals surface area (Å²) in [5, 5.41) is 10.9. The zero-order valence-electron chi connectivity index (χ0n) is 17.7. The summed E-state index contributed by atoms with van der Waals surface area (Å²) in [5.74, 6) is -2.04. The van der Waals surface area contributed by atoms with Crippen LogP contribution in [0.15, 0.2) is 23.0 Å². The van der Waals surface area contributed by atoms with Gasteiger partial charge in [-0.25, -0.2) is 0 Å². The minimum absolute atomic E-state index is 0.00967. The van der Waals surface area contributed by atoms with E-state index in [9.17, 15) is 19.5 Å². The van der Waals surface area contributed by atoms with Crippen molar-refractivity contribution in [1.82, 2.24) is 0 Å². The van der Waals surface area contributed by atoms with Crippen molar-refractivity contribution < 1.29 is 33.4 Å². The Balaban J connectivity index is 1.72. The third-order valence-corrected chi connectivity index (χ3v) is 7.96. The molecule has 7 nitrogen and oxygen atoms in total. The highest BCUT2D eigenvalue weighted by Crippen LogP contribution is 2.60. The van der Waals surface area contributed by atoms with Gasteiger partial charge in [-0.1, -0.05) is 6.92 Å². The fourth-order valence-corrected chi connectivity index (χ4v) is 6.58. The summed E-state index contributed by atoms with van der Waals surface area (Å²) < 4.78 is 15.7. The molecule has 0 amide bonds. The summed E-state index contributed by atoms with van der Waals surface area (Å²) in [6.07, 6.45) is 4.78. The molecular weight excluding hydrogens is 388 g/mol. The van der Waals surface area contributed by atoms with Gasteiger partial charge in [0.25, 0.3) is 0 Å². The van der Waals surface area contributed by atoms with E-state index < -0.39 is 35.4 Å². The summed E-state index contributed by atoms with van der Waals surface area (Å²) in [5.41, 5.74) is 0.434.